The molecule has 1 aliphatic rings. The van der Waals surface area contributed by atoms with Crippen molar-refractivity contribution in [2.45, 2.75) is 39.7 Å². The van der Waals surface area contributed by atoms with Crippen LogP contribution in [0.15, 0.2) is 49.4 Å². The lowest BCUT2D eigenvalue weighted by Gasteiger charge is -2.28. The van der Waals surface area contributed by atoms with E-state index in [1.54, 1.807) is 18.3 Å². The summed E-state index contributed by atoms with van der Waals surface area (Å²) < 4.78 is 0. The number of aromatic nitrogens is 4. The fourth-order valence-corrected chi connectivity index (χ4v) is 4.33. The van der Waals surface area contributed by atoms with Gasteiger partial charge in [0.1, 0.15) is 11.6 Å². The van der Waals surface area contributed by atoms with Crippen molar-refractivity contribution in [2.24, 2.45) is 0 Å². The number of hydrogen-bond donors (Lipinski definition) is 3. The number of hydrogen-bond acceptors (Lipinski definition) is 10. The van der Waals surface area contributed by atoms with Gasteiger partial charge in [0, 0.05) is 44.6 Å². The Kier molecular flexibility index (Phi) is 12.9. The van der Waals surface area contributed by atoms with Crippen molar-refractivity contribution < 1.29 is 10.2 Å². The SMILES string of the molecule is C=C/C=C(\C(=C)O)c1cc(N2CCC(C)N(c3ccnc(C#CCN(CC)CCC)n3)CC2)c(N)nn1.CO. The fraction of sp³-hybridized carbons (Fsp3) is 0.448. The van der Waals surface area contributed by atoms with Crippen LogP contribution in [0, 0.1) is 11.8 Å². The lowest BCUT2D eigenvalue weighted by atomic mass is 10.1. The summed E-state index contributed by atoms with van der Waals surface area (Å²) in [5, 5.41) is 25.3. The molecule has 0 spiro atoms. The maximum absolute atomic E-state index is 9.99. The van der Waals surface area contributed by atoms with Crippen LogP contribution in [0.25, 0.3) is 5.57 Å². The average molecular weight is 535 g/mol. The third kappa shape index (κ3) is 8.80. The lowest BCUT2D eigenvalue weighted by Crippen LogP contribution is -2.35. The summed E-state index contributed by atoms with van der Waals surface area (Å²) in [6, 6.07) is 4.03. The van der Waals surface area contributed by atoms with Crippen LogP contribution in [-0.2, 0) is 0 Å². The molecular formula is C29H42N8O2. The maximum atomic E-state index is 9.99. The molecule has 2 aromatic heterocycles. The van der Waals surface area contributed by atoms with Crippen molar-refractivity contribution in [1.29, 1.82) is 0 Å². The van der Waals surface area contributed by atoms with Crippen molar-refractivity contribution in [1.82, 2.24) is 25.1 Å². The number of anilines is 3. The van der Waals surface area contributed by atoms with Gasteiger partial charge < -0.3 is 25.7 Å². The van der Waals surface area contributed by atoms with Gasteiger partial charge >= 0.3 is 0 Å². The summed E-state index contributed by atoms with van der Waals surface area (Å²) in [5.41, 5.74) is 7.95. The van der Waals surface area contributed by atoms with E-state index in [0.29, 0.717) is 36.0 Å². The van der Waals surface area contributed by atoms with Crippen LogP contribution >= 0.6 is 0 Å². The van der Waals surface area contributed by atoms with Gasteiger partial charge in [0.25, 0.3) is 0 Å². The van der Waals surface area contributed by atoms with Gasteiger partial charge in [-0.05, 0) is 57.0 Å². The minimum atomic E-state index is -0.101. The van der Waals surface area contributed by atoms with Gasteiger partial charge in [0.05, 0.1) is 17.9 Å². The van der Waals surface area contributed by atoms with E-state index in [0.717, 1.165) is 57.6 Å². The minimum absolute atomic E-state index is 0.101. The first-order valence-electron chi connectivity index (χ1n) is 13.2. The predicted molar refractivity (Wildman–Crippen MR) is 159 cm³/mol. The summed E-state index contributed by atoms with van der Waals surface area (Å²) in [4.78, 5) is 15.9. The van der Waals surface area contributed by atoms with Crippen LogP contribution in [0.5, 0.6) is 0 Å². The highest BCUT2D eigenvalue weighted by Crippen LogP contribution is 2.29. The van der Waals surface area contributed by atoms with E-state index in [4.69, 9.17) is 15.8 Å². The molecule has 0 amide bonds. The molecule has 0 bridgehead atoms. The number of rotatable bonds is 9. The molecule has 0 aromatic carbocycles. The monoisotopic (exact) mass is 534 g/mol. The minimum Gasteiger partial charge on any atom is -0.508 e. The zero-order valence-electron chi connectivity index (χ0n) is 23.6. The molecule has 0 radical (unpaired) electrons. The Morgan fingerprint density at radius 2 is 2.03 bits per heavy atom. The Hall–Kier alpha value is -3.94. The van der Waals surface area contributed by atoms with Gasteiger partial charge in [-0.1, -0.05) is 39.0 Å². The quantitative estimate of drug-likeness (QED) is 0.250. The number of nitrogens with zero attached hydrogens (tertiary/aromatic N) is 7. The van der Waals surface area contributed by atoms with Crippen molar-refractivity contribution in [3.63, 3.8) is 0 Å². The van der Waals surface area contributed by atoms with Gasteiger partial charge in [0.2, 0.25) is 5.82 Å². The van der Waals surface area contributed by atoms with Gasteiger partial charge in [-0.2, -0.15) is 0 Å². The molecule has 0 saturated carbocycles. The highest BCUT2D eigenvalue weighted by molar-refractivity contribution is 5.78. The lowest BCUT2D eigenvalue weighted by molar-refractivity contribution is 0.324. The molecule has 210 valence electrons. The largest absolute Gasteiger partial charge is 0.508 e. The van der Waals surface area contributed by atoms with Gasteiger partial charge in [-0.3, -0.25) is 4.90 Å². The summed E-state index contributed by atoms with van der Waals surface area (Å²) >= 11 is 0. The number of allylic oxidation sites excluding steroid dienone is 3. The highest BCUT2D eigenvalue weighted by Gasteiger charge is 2.24. The number of nitrogens with two attached hydrogens (primary N) is 1. The Labute approximate surface area is 232 Å². The number of aliphatic hydroxyl groups is 2. The van der Waals surface area contributed by atoms with E-state index in [1.807, 2.05) is 12.1 Å². The van der Waals surface area contributed by atoms with Gasteiger partial charge in [0.15, 0.2) is 5.82 Å². The molecular weight excluding hydrogens is 492 g/mol. The molecule has 39 heavy (non-hydrogen) atoms. The molecule has 10 heteroatoms. The van der Waals surface area contributed by atoms with E-state index in [1.165, 1.54) is 0 Å². The Morgan fingerprint density at radius 3 is 2.69 bits per heavy atom. The zero-order valence-corrected chi connectivity index (χ0v) is 23.6. The molecule has 10 nitrogen and oxygen atoms in total. The Morgan fingerprint density at radius 1 is 1.26 bits per heavy atom. The first-order chi connectivity index (χ1) is 18.9. The van der Waals surface area contributed by atoms with E-state index in [-0.39, 0.29) is 11.8 Å². The second-order valence-corrected chi connectivity index (χ2v) is 8.99. The second-order valence-electron chi connectivity index (χ2n) is 8.99. The van der Waals surface area contributed by atoms with E-state index < -0.39 is 0 Å². The van der Waals surface area contributed by atoms with Crippen LogP contribution in [0.4, 0.5) is 17.3 Å². The summed E-state index contributed by atoms with van der Waals surface area (Å²) in [5.74, 6) is 8.00. The van der Waals surface area contributed by atoms with E-state index in [2.05, 4.69) is 75.7 Å². The number of nitrogen functional groups attached to an aromatic ring is 1. The standard InChI is InChI=1S/C28H38N8O.CH4O/c1-6-10-23(22(5)37)24-20-25(28(29)33-32-24)35-17-13-21(4)36(19-18-35)27-12-14-30-26(31-27)11-9-16-34(8-3)15-7-2;1-2/h6,10,12,14,20-21,37H,1,5,7-8,13,15-19H2,2-4H3,(H2,29,33);2H,1H3/b23-10+;. The maximum Gasteiger partial charge on any atom is 0.206 e. The van der Waals surface area contributed by atoms with Crippen molar-refractivity contribution >= 4 is 22.9 Å². The summed E-state index contributed by atoms with van der Waals surface area (Å²) in [6.45, 7) is 18.8. The zero-order chi connectivity index (χ0) is 28.8. The molecule has 0 aliphatic carbocycles. The first kappa shape index (κ1) is 31.3. The molecule has 2 aromatic rings. The van der Waals surface area contributed by atoms with Crippen LogP contribution in [-0.4, -0.2) is 87.7 Å². The molecule has 4 N–H and O–H groups in total. The average Bonchev–Trinajstić information content (AvgIpc) is 3.14. The van der Waals surface area contributed by atoms with E-state index in [9.17, 15) is 5.11 Å². The fourth-order valence-electron chi connectivity index (χ4n) is 4.33. The topological polar surface area (TPSA) is 128 Å². The second kappa shape index (κ2) is 16.1. The van der Waals surface area contributed by atoms with Crippen LogP contribution in [0.1, 0.15) is 45.1 Å². The molecule has 1 saturated heterocycles. The number of aliphatic hydroxyl groups excluding tert-OH is 2. The molecule has 1 fully saturated rings. The van der Waals surface area contributed by atoms with E-state index >= 15 is 0 Å². The third-order valence-corrected chi connectivity index (χ3v) is 6.40. The smallest absolute Gasteiger partial charge is 0.206 e. The van der Waals surface area contributed by atoms with Crippen LogP contribution in [0.3, 0.4) is 0 Å². The Bertz CT molecular complexity index is 1190. The van der Waals surface area contributed by atoms with Gasteiger partial charge in [-0.25, -0.2) is 9.97 Å². The van der Waals surface area contributed by atoms with Crippen molar-refractivity contribution in [2.75, 3.05) is 61.9 Å². The van der Waals surface area contributed by atoms with Crippen LogP contribution < -0.4 is 15.5 Å². The predicted octanol–water partition coefficient (Wildman–Crippen LogP) is 3.29. The van der Waals surface area contributed by atoms with Gasteiger partial charge in [-0.15, -0.1) is 10.2 Å². The molecule has 1 unspecified atom stereocenters. The molecule has 1 aliphatic heterocycles. The Balaban J connectivity index is 0.00000260. The molecule has 3 heterocycles. The normalized spacial score (nSPS) is 15.5. The summed E-state index contributed by atoms with van der Waals surface area (Å²) in [6.07, 6.45) is 7.00. The highest BCUT2D eigenvalue weighted by atomic mass is 16.3. The van der Waals surface area contributed by atoms with Crippen LogP contribution in [0.2, 0.25) is 0 Å². The first-order valence-corrected chi connectivity index (χ1v) is 13.2. The summed E-state index contributed by atoms with van der Waals surface area (Å²) in [7, 11) is 1.00. The van der Waals surface area contributed by atoms with Crippen molar-refractivity contribution in [3.05, 3.63) is 60.9 Å². The molecule has 1 atom stereocenters. The molecule has 3 rings (SSSR count). The van der Waals surface area contributed by atoms with Crippen molar-refractivity contribution in [3.8, 4) is 11.8 Å². The third-order valence-electron chi connectivity index (χ3n) is 6.40.